The van der Waals surface area contributed by atoms with Crippen molar-refractivity contribution in [2.24, 2.45) is 0 Å². The molecule has 2 heterocycles. The predicted molar refractivity (Wildman–Crippen MR) is 111 cm³/mol. The topological polar surface area (TPSA) is 90.8 Å². The maximum atomic E-state index is 11.4. The number of anilines is 1. The lowest BCUT2D eigenvalue weighted by Crippen LogP contribution is -2.51. The molecule has 1 aromatic heterocycles. The van der Waals surface area contributed by atoms with Gasteiger partial charge >= 0.3 is 0 Å². The normalized spacial score (nSPS) is 16.1. The van der Waals surface area contributed by atoms with Crippen LogP contribution in [-0.4, -0.2) is 71.4 Å². The van der Waals surface area contributed by atoms with Crippen LogP contribution in [0.2, 0.25) is 0 Å². The summed E-state index contributed by atoms with van der Waals surface area (Å²) in [6.07, 6.45) is 7.19. The number of aromatic nitrogens is 2. The molecular formula is C21H27N5O3. The van der Waals surface area contributed by atoms with Gasteiger partial charge in [0, 0.05) is 45.2 Å². The lowest BCUT2D eigenvalue weighted by atomic mass is 10.1. The quantitative estimate of drug-likeness (QED) is 0.519. The molecule has 1 fully saturated rings. The molecule has 8 nitrogen and oxygen atoms in total. The van der Waals surface area contributed by atoms with Crippen LogP contribution in [0.4, 0.5) is 5.95 Å². The Kier molecular flexibility index (Phi) is 7.69. The average molecular weight is 397 g/mol. The first-order valence-electron chi connectivity index (χ1n) is 9.77. The van der Waals surface area contributed by atoms with Gasteiger partial charge in [0.05, 0.1) is 18.2 Å². The highest BCUT2D eigenvalue weighted by Gasteiger charge is 2.24. The molecule has 0 aliphatic carbocycles. The molecule has 1 aliphatic heterocycles. The third-order valence-corrected chi connectivity index (χ3v) is 4.87. The van der Waals surface area contributed by atoms with Gasteiger partial charge in [0.2, 0.25) is 5.95 Å². The number of hydrogen-bond donors (Lipinski definition) is 2. The first kappa shape index (κ1) is 20.9. The molecule has 1 unspecified atom stereocenters. The number of nitrogens with one attached hydrogen (secondary N) is 1. The Morgan fingerprint density at radius 1 is 1.21 bits per heavy atom. The summed E-state index contributed by atoms with van der Waals surface area (Å²) in [7, 11) is 0. The monoisotopic (exact) mass is 397 g/mol. The van der Waals surface area contributed by atoms with Crippen LogP contribution in [0.15, 0.2) is 48.8 Å². The van der Waals surface area contributed by atoms with Crippen molar-refractivity contribution in [1.82, 2.24) is 20.3 Å². The van der Waals surface area contributed by atoms with Gasteiger partial charge in [-0.2, -0.15) is 0 Å². The zero-order chi connectivity index (χ0) is 20.5. The smallest absolute Gasteiger partial charge is 0.277 e. The SMILES string of the molecule is CCOCC(C=Cc1ccccc1)N1CCN(c2ncc(C(=O)NO)cn2)CC1. The fourth-order valence-corrected chi connectivity index (χ4v) is 3.23. The first-order chi connectivity index (χ1) is 14.2. The third kappa shape index (κ3) is 5.83. The standard InChI is InChI=1S/C21H27N5O3/c1-2-29-16-19(9-8-17-6-4-3-5-7-17)25-10-12-26(13-11-25)21-22-14-18(15-23-21)20(27)24-28/h3-9,14-15,19,28H,2,10-13,16H2,1H3,(H,24,27). The minimum Gasteiger partial charge on any atom is -0.380 e. The zero-order valence-corrected chi connectivity index (χ0v) is 16.6. The van der Waals surface area contributed by atoms with Crippen molar-refractivity contribution >= 4 is 17.9 Å². The highest BCUT2D eigenvalue weighted by Crippen LogP contribution is 2.15. The highest BCUT2D eigenvalue weighted by molar-refractivity contribution is 5.92. The second-order valence-corrected chi connectivity index (χ2v) is 6.73. The number of piperazine rings is 1. The second kappa shape index (κ2) is 10.7. The minimum atomic E-state index is -0.620. The number of carbonyl (C=O) groups is 1. The van der Waals surface area contributed by atoms with Crippen molar-refractivity contribution in [3.8, 4) is 0 Å². The molecule has 1 atom stereocenters. The Balaban J connectivity index is 1.60. The Morgan fingerprint density at radius 2 is 1.90 bits per heavy atom. The summed E-state index contributed by atoms with van der Waals surface area (Å²) < 4.78 is 5.71. The van der Waals surface area contributed by atoms with Crippen molar-refractivity contribution < 1.29 is 14.7 Å². The summed E-state index contributed by atoms with van der Waals surface area (Å²) in [6.45, 7) is 6.64. The molecule has 2 N–H and O–H groups in total. The van der Waals surface area contributed by atoms with Crippen LogP contribution in [0, 0.1) is 0 Å². The zero-order valence-electron chi connectivity index (χ0n) is 16.6. The molecule has 0 saturated carbocycles. The van der Waals surface area contributed by atoms with E-state index in [0.717, 1.165) is 26.2 Å². The number of hydroxylamine groups is 1. The van der Waals surface area contributed by atoms with Crippen molar-refractivity contribution in [2.45, 2.75) is 13.0 Å². The Morgan fingerprint density at radius 3 is 2.52 bits per heavy atom. The fourth-order valence-electron chi connectivity index (χ4n) is 3.23. The molecule has 1 aromatic carbocycles. The van der Waals surface area contributed by atoms with Gasteiger partial charge in [-0.05, 0) is 12.5 Å². The molecule has 1 amide bonds. The number of ether oxygens (including phenoxy) is 1. The van der Waals surface area contributed by atoms with Crippen molar-refractivity contribution in [3.63, 3.8) is 0 Å². The van der Waals surface area contributed by atoms with Crippen LogP contribution in [0.3, 0.4) is 0 Å². The molecule has 0 spiro atoms. The van der Waals surface area contributed by atoms with E-state index in [-0.39, 0.29) is 11.6 Å². The first-order valence-corrected chi connectivity index (χ1v) is 9.77. The summed E-state index contributed by atoms with van der Waals surface area (Å²) in [5.74, 6) is -0.0364. The summed E-state index contributed by atoms with van der Waals surface area (Å²) in [6, 6.07) is 10.5. The average Bonchev–Trinajstić information content (AvgIpc) is 2.79. The fraction of sp³-hybridized carbons (Fsp3) is 0.381. The molecular weight excluding hydrogens is 370 g/mol. The molecule has 8 heteroatoms. The van der Waals surface area contributed by atoms with Gasteiger partial charge in [0.25, 0.3) is 5.91 Å². The van der Waals surface area contributed by atoms with Crippen molar-refractivity contribution in [1.29, 1.82) is 0 Å². The highest BCUT2D eigenvalue weighted by atomic mass is 16.5. The molecule has 1 aliphatic rings. The van der Waals surface area contributed by atoms with E-state index in [1.54, 1.807) is 5.48 Å². The number of amides is 1. The molecule has 154 valence electrons. The van der Waals surface area contributed by atoms with Crippen molar-refractivity contribution in [2.75, 3.05) is 44.3 Å². The third-order valence-electron chi connectivity index (χ3n) is 4.87. The van der Waals surface area contributed by atoms with E-state index in [1.807, 2.05) is 25.1 Å². The van der Waals surface area contributed by atoms with E-state index in [4.69, 9.17) is 9.94 Å². The number of hydrogen-bond acceptors (Lipinski definition) is 7. The minimum absolute atomic E-state index is 0.203. The number of benzene rings is 1. The van der Waals surface area contributed by atoms with E-state index >= 15 is 0 Å². The van der Waals surface area contributed by atoms with Crippen LogP contribution in [0.5, 0.6) is 0 Å². The van der Waals surface area contributed by atoms with E-state index < -0.39 is 5.91 Å². The predicted octanol–water partition coefficient (Wildman–Crippen LogP) is 1.84. The lowest BCUT2D eigenvalue weighted by molar-refractivity contribution is 0.0705. The van der Waals surface area contributed by atoms with Gasteiger partial charge in [0.15, 0.2) is 0 Å². The summed E-state index contributed by atoms with van der Waals surface area (Å²) in [5.41, 5.74) is 2.98. The van der Waals surface area contributed by atoms with Crippen LogP contribution < -0.4 is 10.4 Å². The summed E-state index contributed by atoms with van der Waals surface area (Å²) >= 11 is 0. The number of carbonyl (C=O) groups excluding carboxylic acids is 1. The Bertz CT molecular complexity index is 790. The van der Waals surface area contributed by atoms with Crippen molar-refractivity contribution in [3.05, 3.63) is 59.9 Å². The number of nitrogens with zero attached hydrogens (tertiary/aromatic N) is 4. The van der Waals surface area contributed by atoms with E-state index in [2.05, 4.69) is 44.1 Å². The maximum absolute atomic E-state index is 11.4. The lowest BCUT2D eigenvalue weighted by Gasteiger charge is -2.38. The largest absolute Gasteiger partial charge is 0.380 e. The molecule has 1 saturated heterocycles. The summed E-state index contributed by atoms with van der Waals surface area (Å²) in [5, 5.41) is 8.68. The molecule has 0 bridgehead atoms. The van der Waals surface area contributed by atoms with E-state index in [9.17, 15) is 4.79 Å². The summed E-state index contributed by atoms with van der Waals surface area (Å²) in [4.78, 5) is 24.4. The van der Waals surface area contributed by atoms with Gasteiger partial charge < -0.3 is 9.64 Å². The Hall–Kier alpha value is -2.81. The van der Waals surface area contributed by atoms with E-state index in [1.165, 1.54) is 18.0 Å². The van der Waals surface area contributed by atoms with E-state index in [0.29, 0.717) is 19.2 Å². The second-order valence-electron chi connectivity index (χ2n) is 6.73. The van der Waals surface area contributed by atoms with Crippen LogP contribution >= 0.6 is 0 Å². The van der Waals surface area contributed by atoms with Gasteiger partial charge in [-0.15, -0.1) is 0 Å². The Labute approximate surface area is 170 Å². The van der Waals surface area contributed by atoms with Gasteiger partial charge in [0.1, 0.15) is 0 Å². The van der Waals surface area contributed by atoms with Gasteiger partial charge in [-0.1, -0.05) is 42.5 Å². The maximum Gasteiger partial charge on any atom is 0.277 e. The molecule has 29 heavy (non-hydrogen) atoms. The van der Waals surface area contributed by atoms with Gasteiger partial charge in [-0.25, -0.2) is 15.4 Å². The van der Waals surface area contributed by atoms with Crippen LogP contribution in [0.25, 0.3) is 6.08 Å². The van der Waals surface area contributed by atoms with Gasteiger partial charge in [-0.3, -0.25) is 14.9 Å². The molecule has 2 aromatic rings. The van der Waals surface area contributed by atoms with Crippen LogP contribution in [-0.2, 0) is 4.74 Å². The number of rotatable bonds is 8. The van der Waals surface area contributed by atoms with Crippen LogP contribution in [0.1, 0.15) is 22.8 Å². The molecule has 0 radical (unpaired) electrons. The molecule has 3 rings (SSSR count).